The summed E-state index contributed by atoms with van der Waals surface area (Å²) < 4.78 is 0. The van der Waals surface area contributed by atoms with Crippen LogP contribution in [0.3, 0.4) is 0 Å². The van der Waals surface area contributed by atoms with Gasteiger partial charge in [0, 0.05) is 12.6 Å². The van der Waals surface area contributed by atoms with E-state index in [2.05, 4.69) is 31.0 Å². The summed E-state index contributed by atoms with van der Waals surface area (Å²) in [7, 11) is 0. The fourth-order valence-corrected chi connectivity index (χ4v) is 3.06. The van der Waals surface area contributed by atoms with Crippen molar-refractivity contribution in [2.45, 2.75) is 46.1 Å². The highest BCUT2D eigenvalue weighted by Gasteiger charge is 2.31. The summed E-state index contributed by atoms with van der Waals surface area (Å²) in [5.74, 6) is 0.839. The Balaban J connectivity index is 1.93. The minimum absolute atomic E-state index is 0.573. The Morgan fingerprint density at radius 1 is 1.13 bits per heavy atom. The maximum absolute atomic E-state index is 3.52. The number of rotatable bonds is 1. The van der Waals surface area contributed by atoms with E-state index in [9.17, 15) is 0 Å². The van der Waals surface area contributed by atoms with Crippen molar-refractivity contribution >= 4 is 0 Å². The van der Waals surface area contributed by atoms with Gasteiger partial charge < -0.3 is 5.32 Å². The van der Waals surface area contributed by atoms with Crippen molar-refractivity contribution in [2.75, 3.05) is 26.2 Å². The molecule has 0 bridgehead atoms. The van der Waals surface area contributed by atoms with Gasteiger partial charge in [0.1, 0.15) is 0 Å². The summed E-state index contributed by atoms with van der Waals surface area (Å²) in [5, 5.41) is 3.52. The average molecular weight is 210 g/mol. The Morgan fingerprint density at radius 3 is 2.60 bits per heavy atom. The quantitative estimate of drug-likeness (QED) is 0.713. The molecule has 1 N–H and O–H groups in total. The van der Waals surface area contributed by atoms with Crippen LogP contribution in [-0.2, 0) is 0 Å². The van der Waals surface area contributed by atoms with Crippen molar-refractivity contribution in [2.24, 2.45) is 11.3 Å². The summed E-state index contributed by atoms with van der Waals surface area (Å²) in [6.45, 7) is 12.3. The van der Waals surface area contributed by atoms with E-state index in [0.717, 1.165) is 12.0 Å². The number of nitrogens with zero attached hydrogens (tertiary/aromatic N) is 1. The standard InChI is InChI=1S/C13H26N2/c1-11-9-14-10-12(11)15-7-4-5-13(2,3)6-8-15/h11-12,14H,4-10H2,1-3H3. The summed E-state index contributed by atoms with van der Waals surface area (Å²) in [6.07, 6.45) is 4.16. The van der Waals surface area contributed by atoms with Gasteiger partial charge in [-0.3, -0.25) is 4.90 Å². The van der Waals surface area contributed by atoms with Crippen LogP contribution in [0.1, 0.15) is 40.0 Å². The van der Waals surface area contributed by atoms with Gasteiger partial charge in [0.05, 0.1) is 0 Å². The molecular formula is C13H26N2. The van der Waals surface area contributed by atoms with Gasteiger partial charge in [-0.15, -0.1) is 0 Å². The highest BCUT2D eigenvalue weighted by Crippen LogP contribution is 2.31. The van der Waals surface area contributed by atoms with Crippen LogP contribution in [0.15, 0.2) is 0 Å². The summed E-state index contributed by atoms with van der Waals surface area (Å²) in [4.78, 5) is 2.74. The first-order chi connectivity index (χ1) is 7.08. The van der Waals surface area contributed by atoms with Crippen LogP contribution in [0, 0.1) is 11.3 Å². The van der Waals surface area contributed by atoms with Gasteiger partial charge in [-0.2, -0.15) is 0 Å². The van der Waals surface area contributed by atoms with Crippen LogP contribution < -0.4 is 5.32 Å². The van der Waals surface area contributed by atoms with Gasteiger partial charge >= 0.3 is 0 Å². The molecule has 0 aromatic carbocycles. The highest BCUT2D eigenvalue weighted by atomic mass is 15.2. The van der Waals surface area contributed by atoms with Crippen LogP contribution >= 0.6 is 0 Å². The lowest BCUT2D eigenvalue weighted by Crippen LogP contribution is -2.40. The zero-order chi connectivity index (χ0) is 10.9. The monoisotopic (exact) mass is 210 g/mol. The predicted octanol–water partition coefficient (Wildman–Crippen LogP) is 2.11. The molecule has 2 unspecified atom stereocenters. The van der Waals surface area contributed by atoms with Crippen molar-refractivity contribution in [1.29, 1.82) is 0 Å². The predicted molar refractivity (Wildman–Crippen MR) is 65.0 cm³/mol. The van der Waals surface area contributed by atoms with E-state index in [-0.39, 0.29) is 0 Å². The molecule has 2 heteroatoms. The molecule has 2 rings (SSSR count). The Morgan fingerprint density at radius 2 is 1.93 bits per heavy atom. The fourth-order valence-electron chi connectivity index (χ4n) is 3.06. The van der Waals surface area contributed by atoms with E-state index in [1.807, 2.05) is 0 Å². The van der Waals surface area contributed by atoms with Crippen LogP contribution in [0.25, 0.3) is 0 Å². The summed E-state index contributed by atoms with van der Waals surface area (Å²) in [6, 6.07) is 0.805. The fraction of sp³-hybridized carbons (Fsp3) is 1.00. The topological polar surface area (TPSA) is 15.3 Å². The van der Waals surface area contributed by atoms with E-state index < -0.39 is 0 Å². The minimum Gasteiger partial charge on any atom is -0.315 e. The molecule has 2 saturated heterocycles. The Hall–Kier alpha value is -0.0800. The number of hydrogen-bond donors (Lipinski definition) is 1. The SMILES string of the molecule is CC1CNCC1N1CCCC(C)(C)CC1. The molecule has 15 heavy (non-hydrogen) atoms. The molecule has 2 nitrogen and oxygen atoms in total. The lowest BCUT2D eigenvalue weighted by Gasteiger charge is -2.30. The van der Waals surface area contributed by atoms with Crippen molar-refractivity contribution in [3.05, 3.63) is 0 Å². The van der Waals surface area contributed by atoms with E-state index in [4.69, 9.17) is 0 Å². The first kappa shape index (κ1) is 11.4. The smallest absolute Gasteiger partial charge is 0.0258 e. The molecular weight excluding hydrogens is 184 g/mol. The van der Waals surface area contributed by atoms with E-state index in [1.165, 1.54) is 45.4 Å². The van der Waals surface area contributed by atoms with Crippen molar-refractivity contribution in [1.82, 2.24) is 10.2 Å². The van der Waals surface area contributed by atoms with E-state index in [0.29, 0.717) is 5.41 Å². The molecule has 2 aliphatic heterocycles. The maximum Gasteiger partial charge on any atom is 0.0258 e. The Labute approximate surface area is 94.4 Å². The van der Waals surface area contributed by atoms with Gasteiger partial charge in [-0.05, 0) is 50.2 Å². The molecule has 88 valence electrons. The van der Waals surface area contributed by atoms with Crippen LogP contribution in [0.4, 0.5) is 0 Å². The Kier molecular flexibility index (Phi) is 3.36. The molecule has 2 heterocycles. The normalized spacial score (nSPS) is 37.8. The van der Waals surface area contributed by atoms with Crippen LogP contribution in [0.2, 0.25) is 0 Å². The Bertz CT molecular complexity index is 213. The number of nitrogens with one attached hydrogen (secondary N) is 1. The number of hydrogen-bond acceptors (Lipinski definition) is 2. The number of likely N-dealkylation sites (tertiary alicyclic amines) is 1. The van der Waals surface area contributed by atoms with Crippen LogP contribution in [-0.4, -0.2) is 37.1 Å². The highest BCUT2D eigenvalue weighted by molar-refractivity contribution is 4.88. The molecule has 0 spiro atoms. The second-order valence-corrected chi connectivity index (χ2v) is 6.26. The second-order valence-electron chi connectivity index (χ2n) is 6.26. The minimum atomic E-state index is 0.573. The van der Waals surface area contributed by atoms with Gasteiger partial charge in [-0.1, -0.05) is 20.8 Å². The molecule has 2 fully saturated rings. The maximum atomic E-state index is 3.52. The molecule has 0 aliphatic carbocycles. The van der Waals surface area contributed by atoms with E-state index >= 15 is 0 Å². The first-order valence-electron chi connectivity index (χ1n) is 6.53. The lowest BCUT2D eigenvalue weighted by atomic mass is 9.85. The third-order valence-electron chi connectivity index (χ3n) is 4.32. The molecule has 0 radical (unpaired) electrons. The molecule has 2 aliphatic rings. The summed E-state index contributed by atoms with van der Waals surface area (Å²) >= 11 is 0. The molecule has 0 aromatic rings. The summed E-state index contributed by atoms with van der Waals surface area (Å²) in [5.41, 5.74) is 0.573. The lowest BCUT2D eigenvalue weighted by molar-refractivity contribution is 0.177. The van der Waals surface area contributed by atoms with Gasteiger partial charge in [0.25, 0.3) is 0 Å². The van der Waals surface area contributed by atoms with E-state index in [1.54, 1.807) is 0 Å². The molecule has 0 aromatic heterocycles. The molecule has 0 saturated carbocycles. The van der Waals surface area contributed by atoms with Crippen molar-refractivity contribution < 1.29 is 0 Å². The zero-order valence-electron chi connectivity index (χ0n) is 10.6. The van der Waals surface area contributed by atoms with Crippen molar-refractivity contribution in [3.63, 3.8) is 0 Å². The third kappa shape index (κ3) is 2.73. The van der Waals surface area contributed by atoms with Gasteiger partial charge in [0.2, 0.25) is 0 Å². The average Bonchev–Trinajstić information content (AvgIpc) is 2.49. The second kappa shape index (κ2) is 4.42. The molecule has 0 amide bonds. The largest absolute Gasteiger partial charge is 0.315 e. The van der Waals surface area contributed by atoms with Gasteiger partial charge in [0.15, 0.2) is 0 Å². The first-order valence-corrected chi connectivity index (χ1v) is 6.53. The van der Waals surface area contributed by atoms with Crippen LogP contribution in [0.5, 0.6) is 0 Å². The third-order valence-corrected chi connectivity index (χ3v) is 4.32. The molecule has 2 atom stereocenters. The van der Waals surface area contributed by atoms with Gasteiger partial charge in [-0.25, -0.2) is 0 Å². The van der Waals surface area contributed by atoms with Crippen molar-refractivity contribution in [3.8, 4) is 0 Å². The zero-order valence-corrected chi connectivity index (χ0v) is 10.6.